The van der Waals surface area contributed by atoms with Crippen molar-refractivity contribution in [1.82, 2.24) is 5.32 Å². The van der Waals surface area contributed by atoms with E-state index in [2.05, 4.69) is 12.2 Å². The molecule has 0 aromatic rings. The highest BCUT2D eigenvalue weighted by molar-refractivity contribution is 4.88. The van der Waals surface area contributed by atoms with E-state index in [0.717, 1.165) is 18.7 Å². The second-order valence-corrected chi connectivity index (χ2v) is 5.10. The van der Waals surface area contributed by atoms with Gasteiger partial charge in [0.1, 0.15) is 0 Å². The number of ether oxygens (including phenoxy) is 1. The topological polar surface area (TPSA) is 21.3 Å². The number of nitrogens with one attached hydrogen (secondary N) is 1. The molecule has 0 aliphatic heterocycles. The molecule has 2 aliphatic rings. The van der Waals surface area contributed by atoms with Crippen LogP contribution in [0.3, 0.4) is 0 Å². The van der Waals surface area contributed by atoms with Gasteiger partial charge < -0.3 is 10.1 Å². The van der Waals surface area contributed by atoms with Crippen LogP contribution in [0.4, 0.5) is 0 Å². The Morgan fingerprint density at radius 1 is 1.00 bits per heavy atom. The molecule has 0 atom stereocenters. The first-order valence-corrected chi connectivity index (χ1v) is 6.76. The van der Waals surface area contributed by atoms with Gasteiger partial charge in [-0.3, -0.25) is 0 Å². The van der Waals surface area contributed by atoms with Crippen molar-refractivity contribution in [3.63, 3.8) is 0 Å². The lowest BCUT2D eigenvalue weighted by Gasteiger charge is -2.38. The van der Waals surface area contributed by atoms with Crippen LogP contribution in [0, 0.1) is 0 Å². The van der Waals surface area contributed by atoms with Crippen LogP contribution in [0.1, 0.15) is 58.3 Å². The Morgan fingerprint density at radius 2 is 1.67 bits per heavy atom. The molecule has 2 nitrogen and oxygen atoms in total. The van der Waals surface area contributed by atoms with E-state index >= 15 is 0 Å². The molecule has 2 saturated carbocycles. The van der Waals surface area contributed by atoms with Crippen LogP contribution in [0.5, 0.6) is 0 Å². The molecule has 2 aliphatic carbocycles. The first-order chi connectivity index (χ1) is 7.38. The molecule has 0 radical (unpaired) electrons. The van der Waals surface area contributed by atoms with Crippen molar-refractivity contribution in [1.29, 1.82) is 0 Å². The fourth-order valence-corrected chi connectivity index (χ4v) is 2.85. The average Bonchev–Trinajstić information content (AvgIpc) is 2.43. The average molecular weight is 211 g/mol. The van der Waals surface area contributed by atoms with E-state index in [0.29, 0.717) is 6.10 Å². The lowest BCUT2D eigenvalue weighted by atomic mass is 9.88. The Labute approximate surface area is 93.8 Å². The molecule has 0 unspecified atom stereocenters. The summed E-state index contributed by atoms with van der Waals surface area (Å²) in [7, 11) is 0. The molecule has 2 heteroatoms. The Bertz CT molecular complexity index is 169. The molecule has 15 heavy (non-hydrogen) atoms. The van der Waals surface area contributed by atoms with Gasteiger partial charge in [-0.2, -0.15) is 0 Å². The SMILES string of the molecule is CCOC1CC(NC2CCCCCC2)C1. The fourth-order valence-electron chi connectivity index (χ4n) is 2.85. The highest BCUT2D eigenvalue weighted by Crippen LogP contribution is 2.26. The molecule has 0 amide bonds. The summed E-state index contributed by atoms with van der Waals surface area (Å²) in [5, 5.41) is 3.80. The van der Waals surface area contributed by atoms with Gasteiger partial charge in [-0.25, -0.2) is 0 Å². The first kappa shape index (κ1) is 11.4. The summed E-state index contributed by atoms with van der Waals surface area (Å²) in [4.78, 5) is 0. The quantitative estimate of drug-likeness (QED) is 0.722. The van der Waals surface area contributed by atoms with Gasteiger partial charge in [-0.05, 0) is 32.6 Å². The second kappa shape index (κ2) is 5.86. The minimum atomic E-state index is 0.554. The van der Waals surface area contributed by atoms with Crippen molar-refractivity contribution in [3.8, 4) is 0 Å². The molecule has 0 bridgehead atoms. The first-order valence-electron chi connectivity index (χ1n) is 6.76. The van der Waals surface area contributed by atoms with Gasteiger partial charge in [0.05, 0.1) is 6.10 Å². The predicted molar refractivity (Wildman–Crippen MR) is 63.1 cm³/mol. The standard InChI is InChI=1S/C13H25NO/c1-2-15-13-9-12(10-13)14-11-7-5-3-4-6-8-11/h11-14H,2-10H2,1H3. The molecule has 0 spiro atoms. The largest absolute Gasteiger partial charge is 0.378 e. The maximum Gasteiger partial charge on any atom is 0.0604 e. The third kappa shape index (κ3) is 3.46. The Morgan fingerprint density at radius 3 is 2.27 bits per heavy atom. The molecule has 1 N–H and O–H groups in total. The third-order valence-electron chi connectivity index (χ3n) is 3.82. The third-order valence-corrected chi connectivity index (χ3v) is 3.82. The van der Waals surface area contributed by atoms with E-state index in [1.165, 1.54) is 51.4 Å². The van der Waals surface area contributed by atoms with E-state index in [1.54, 1.807) is 0 Å². The molecule has 0 aromatic carbocycles. The molecule has 2 rings (SSSR count). The molecule has 0 saturated heterocycles. The van der Waals surface area contributed by atoms with Gasteiger partial charge in [0.15, 0.2) is 0 Å². The van der Waals surface area contributed by atoms with Crippen LogP contribution in [0.2, 0.25) is 0 Å². The molecule has 2 fully saturated rings. The summed E-state index contributed by atoms with van der Waals surface area (Å²) < 4.78 is 5.58. The Kier molecular flexibility index (Phi) is 4.45. The van der Waals surface area contributed by atoms with Crippen LogP contribution >= 0.6 is 0 Å². The summed E-state index contributed by atoms with van der Waals surface area (Å²) in [5.41, 5.74) is 0. The normalized spacial score (nSPS) is 33.4. The summed E-state index contributed by atoms with van der Waals surface area (Å²) >= 11 is 0. The minimum Gasteiger partial charge on any atom is -0.378 e. The van der Waals surface area contributed by atoms with Gasteiger partial charge in [-0.1, -0.05) is 25.7 Å². The van der Waals surface area contributed by atoms with Crippen molar-refractivity contribution in [3.05, 3.63) is 0 Å². The Hall–Kier alpha value is -0.0800. The van der Waals surface area contributed by atoms with Crippen molar-refractivity contribution < 1.29 is 4.74 Å². The zero-order chi connectivity index (χ0) is 10.5. The van der Waals surface area contributed by atoms with Crippen LogP contribution in [0.25, 0.3) is 0 Å². The van der Waals surface area contributed by atoms with Gasteiger partial charge in [0.2, 0.25) is 0 Å². The monoisotopic (exact) mass is 211 g/mol. The highest BCUT2D eigenvalue weighted by Gasteiger charge is 2.30. The van der Waals surface area contributed by atoms with E-state index in [4.69, 9.17) is 4.74 Å². The summed E-state index contributed by atoms with van der Waals surface area (Å²) in [6, 6.07) is 1.56. The van der Waals surface area contributed by atoms with Gasteiger partial charge >= 0.3 is 0 Å². The lowest BCUT2D eigenvalue weighted by molar-refractivity contribution is -0.0127. The van der Waals surface area contributed by atoms with Crippen molar-refractivity contribution >= 4 is 0 Å². The summed E-state index contributed by atoms with van der Waals surface area (Å²) in [6.45, 7) is 2.97. The van der Waals surface area contributed by atoms with Gasteiger partial charge in [0, 0.05) is 18.7 Å². The van der Waals surface area contributed by atoms with E-state index < -0.39 is 0 Å². The van der Waals surface area contributed by atoms with Crippen LogP contribution < -0.4 is 5.32 Å². The maximum absolute atomic E-state index is 5.58. The zero-order valence-electron chi connectivity index (χ0n) is 10.0. The lowest BCUT2D eigenvalue weighted by Crippen LogP contribution is -2.49. The van der Waals surface area contributed by atoms with Crippen LogP contribution in [0.15, 0.2) is 0 Å². The number of hydrogen-bond donors (Lipinski definition) is 1. The number of rotatable bonds is 4. The molecular formula is C13H25NO. The molecule has 0 aromatic heterocycles. The highest BCUT2D eigenvalue weighted by atomic mass is 16.5. The van der Waals surface area contributed by atoms with Crippen LogP contribution in [-0.2, 0) is 4.74 Å². The zero-order valence-corrected chi connectivity index (χ0v) is 10.0. The maximum atomic E-state index is 5.58. The van der Waals surface area contributed by atoms with Crippen molar-refractivity contribution in [2.24, 2.45) is 0 Å². The van der Waals surface area contributed by atoms with Crippen molar-refractivity contribution in [2.45, 2.75) is 76.5 Å². The van der Waals surface area contributed by atoms with Crippen LogP contribution in [-0.4, -0.2) is 24.8 Å². The Balaban J connectivity index is 1.61. The van der Waals surface area contributed by atoms with Gasteiger partial charge in [0.25, 0.3) is 0 Å². The summed E-state index contributed by atoms with van der Waals surface area (Å²) in [5.74, 6) is 0. The molecule has 88 valence electrons. The van der Waals surface area contributed by atoms with Gasteiger partial charge in [-0.15, -0.1) is 0 Å². The predicted octanol–water partition coefficient (Wildman–Crippen LogP) is 2.87. The fraction of sp³-hybridized carbons (Fsp3) is 1.00. The smallest absolute Gasteiger partial charge is 0.0604 e. The minimum absolute atomic E-state index is 0.554. The molecule has 0 heterocycles. The van der Waals surface area contributed by atoms with Crippen molar-refractivity contribution in [2.75, 3.05) is 6.61 Å². The summed E-state index contributed by atoms with van der Waals surface area (Å²) in [6.07, 6.45) is 11.6. The van der Waals surface area contributed by atoms with E-state index in [-0.39, 0.29) is 0 Å². The van der Waals surface area contributed by atoms with E-state index in [1.807, 2.05) is 0 Å². The van der Waals surface area contributed by atoms with E-state index in [9.17, 15) is 0 Å². The second-order valence-electron chi connectivity index (χ2n) is 5.10. The molecular weight excluding hydrogens is 186 g/mol. The number of hydrogen-bond acceptors (Lipinski definition) is 2.